The number of rotatable bonds is 9. The highest BCUT2D eigenvalue weighted by molar-refractivity contribution is 7.92. The summed E-state index contributed by atoms with van der Waals surface area (Å²) in [5.74, 6) is -1.54. The minimum absolute atomic E-state index is 0.0613. The molecule has 7 nitrogen and oxygen atoms in total. The van der Waals surface area contributed by atoms with Crippen LogP contribution in [0.15, 0.2) is 48.5 Å². The summed E-state index contributed by atoms with van der Waals surface area (Å²) in [5.41, 5.74) is 0.861. The summed E-state index contributed by atoms with van der Waals surface area (Å²) in [6, 6.07) is 11.9. The molecule has 2 aromatic carbocycles. The first-order chi connectivity index (χ1) is 16.6. The van der Waals surface area contributed by atoms with Gasteiger partial charge in [-0.25, -0.2) is 12.8 Å². The van der Waals surface area contributed by atoms with Crippen LogP contribution in [0.25, 0.3) is 0 Å². The molecule has 0 unspecified atom stereocenters. The van der Waals surface area contributed by atoms with Crippen molar-refractivity contribution < 1.29 is 22.4 Å². The second-order valence-electron chi connectivity index (χ2n) is 8.89. The van der Waals surface area contributed by atoms with E-state index in [4.69, 9.17) is 11.6 Å². The third kappa shape index (κ3) is 7.41. The first-order valence-corrected chi connectivity index (χ1v) is 13.9. The average molecular weight is 524 g/mol. The molecule has 0 bridgehead atoms. The van der Waals surface area contributed by atoms with Gasteiger partial charge in [0.2, 0.25) is 21.8 Å². The molecule has 1 fully saturated rings. The van der Waals surface area contributed by atoms with Gasteiger partial charge in [0, 0.05) is 12.6 Å². The lowest BCUT2D eigenvalue weighted by molar-refractivity contribution is -0.139. The van der Waals surface area contributed by atoms with Crippen LogP contribution in [0.3, 0.4) is 0 Å². The largest absolute Gasteiger partial charge is 0.352 e. The molecule has 0 radical (unpaired) electrons. The van der Waals surface area contributed by atoms with Gasteiger partial charge in [-0.2, -0.15) is 0 Å². The third-order valence-corrected chi connectivity index (χ3v) is 7.62. The first-order valence-electron chi connectivity index (χ1n) is 11.6. The zero-order chi connectivity index (χ0) is 25.6. The van der Waals surface area contributed by atoms with Crippen LogP contribution in [0, 0.1) is 5.82 Å². The molecule has 1 saturated carbocycles. The Morgan fingerprint density at radius 1 is 1.11 bits per heavy atom. The van der Waals surface area contributed by atoms with Crippen molar-refractivity contribution in [3.63, 3.8) is 0 Å². The Morgan fingerprint density at radius 3 is 2.37 bits per heavy atom. The number of nitrogens with zero attached hydrogens (tertiary/aromatic N) is 2. The predicted molar refractivity (Wildman–Crippen MR) is 135 cm³/mol. The van der Waals surface area contributed by atoms with Crippen molar-refractivity contribution in [2.24, 2.45) is 0 Å². The Balaban J connectivity index is 1.86. The second-order valence-corrected chi connectivity index (χ2v) is 11.2. The Morgan fingerprint density at radius 2 is 1.77 bits per heavy atom. The van der Waals surface area contributed by atoms with Crippen molar-refractivity contribution in [3.05, 3.63) is 64.9 Å². The number of nitrogens with one attached hydrogen (secondary N) is 1. The molecule has 35 heavy (non-hydrogen) atoms. The molecule has 1 atom stereocenters. The number of anilines is 1. The second kappa shape index (κ2) is 11.9. The van der Waals surface area contributed by atoms with Crippen molar-refractivity contribution in [2.75, 3.05) is 17.1 Å². The molecule has 2 amide bonds. The van der Waals surface area contributed by atoms with E-state index in [0.29, 0.717) is 0 Å². The van der Waals surface area contributed by atoms with Crippen LogP contribution in [0.1, 0.15) is 44.6 Å². The van der Waals surface area contributed by atoms with E-state index in [1.165, 1.54) is 11.0 Å². The average Bonchev–Trinajstić information content (AvgIpc) is 2.83. The molecular formula is C25H31ClFN3O4S. The lowest BCUT2D eigenvalue weighted by Crippen LogP contribution is -2.52. The molecule has 0 heterocycles. The van der Waals surface area contributed by atoms with Gasteiger partial charge in [0.15, 0.2) is 0 Å². The summed E-state index contributed by atoms with van der Waals surface area (Å²) >= 11 is 5.85. The Bertz CT molecular complexity index is 1140. The fourth-order valence-corrected chi connectivity index (χ4v) is 5.20. The van der Waals surface area contributed by atoms with E-state index in [2.05, 4.69) is 5.32 Å². The summed E-state index contributed by atoms with van der Waals surface area (Å²) in [7, 11) is -3.91. The number of hydrogen-bond donors (Lipinski definition) is 1. The quantitative estimate of drug-likeness (QED) is 0.536. The molecule has 0 saturated heterocycles. The zero-order valence-electron chi connectivity index (χ0n) is 19.9. The SMILES string of the molecule is C[C@@H](C(=O)NC1CCCCC1)N(Cc1ccccc1)C(=O)CN(c1ccc(F)c(Cl)c1)S(C)(=O)=O. The number of sulfonamides is 1. The molecule has 0 spiro atoms. The molecule has 1 N–H and O–H groups in total. The lowest BCUT2D eigenvalue weighted by atomic mass is 9.95. The summed E-state index contributed by atoms with van der Waals surface area (Å²) in [6.45, 7) is 1.20. The van der Waals surface area contributed by atoms with Crippen molar-refractivity contribution in [1.82, 2.24) is 10.2 Å². The van der Waals surface area contributed by atoms with Gasteiger partial charge in [-0.1, -0.05) is 61.2 Å². The van der Waals surface area contributed by atoms with Crippen molar-refractivity contribution in [2.45, 2.75) is 57.7 Å². The molecule has 2 aromatic rings. The van der Waals surface area contributed by atoms with Gasteiger partial charge in [-0.3, -0.25) is 13.9 Å². The van der Waals surface area contributed by atoms with Gasteiger partial charge in [0.25, 0.3) is 0 Å². The third-order valence-electron chi connectivity index (χ3n) is 6.18. The van der Waals surface area contributed by atoms with Crippen molar-refractivity contribution >= 4 is 39.1 Å². The number of carbonyl (C=O) groups is 2. The van der Waals surface area contributed by atoms with E-state index in [0.717, 1.165) is 60.4 Å². The number of carbonyl (C=O) groups excluding carboxylic acids is 2. The van der Waals surface area contributed by atoms with Crippen LogP contribution in [-0.4, -0.2) is 50.0 Å². The monoisotopic (exact) mass is 523 g/mol. The van der Waals surface area contributed by atoms with Gasteiger partial charge in [0.05, 0.1) is 17.0 Å². The van der Waals surface area contributed by atoms with Gasteiger partial charge in [-0.15, -0.1) is 0 Å². The van der Waals surface area contributed by atoms with Gasteiger partial charge in [0.1, 0.15) is 18.4 Å². The molecule has 0 aliphatic heterocycles. The van der Waals surface area contributed by atoms with E-state index in [1.54, 1.807) is 6.92 Å². The highest BCUT2D eigenvalue weighted by atomic mass is 35.5. The van der Waals surface area contributed by atoms with Gasteiger partial charge >= 0.3 is 0 Å². The van der Waals surface area contributed by atoms with E-state index < -0.39 is 34.3 Å². The van der Waals surface area contributed by atoms with Crippen LogP contribution in [0.2, 0.25) is 5.02 Å². The number of halogens is 2. The predicted octanol–water partition coefficient (Wildman–Crippen LogP) is 4.11. The van der Waals surface area contributed by atoms with E-state index >= 15 is 0 Å². The van der Waals surface area contributed by atoms with Crippen LogP contribution in [0.5, 0.6) is 0 Å². The maximum Gasteiger partial charge on any atom is 0.244 e. The van der Waals surface area contributed by atoms with Crippen LogP contribution < -0.4 is 9.62 Å². The highest BCUT2D eigenvalue weighted by Gasteiger charge is 2.31. The molecule has 3 rings (SSSR count). The fraction of sp³-hybridized carbons (Fsp3) is 0.440. The maximum absolute atomic E-state index is 13.7. The van der Waals surface area contributed by atoms with E-state index in [-0.39, 0.29) is 29.2 Å². The Labute approximate surface area is 211 Å². The minimum atomic E-state index is -3.91. The van der Waals surface area contributed by atoms with E-state index in [1.807, 2.05) is 30.3 Å². The summed E-state index contributed by atoms with van der Waals surface area (Å²) in [6.07, 6.45) is 6.01. The normalized spacial score (nSPS) is 15.3. The van der Waals surface area contributed by atoms with Crippen LogP contribution in [0.4, 0.5) is 10.1 Å². The lowest BCUT2D eigenvalue weighted by Gasteiger charge is -2.33. The summed E-state index contributed by atoms with van der Waals surface area (Å²) < 4.78 is 39.6. The molecule has 10 heteroatoms. The summed E-state index contributed by atoms with van der Waals surface area (Å²) in [4.78, 5) is 28.0. The molecule has 0 aromatic heterocycles. The Hall–Kier alpha value is -2.65. The van der Waals surface area contributed by atoms with Crippen molar-refractivity contribution in [1.29, 1.82) is 0 Å². The highest BCUT2D eigenvalue weighted by Crippen LogP contribution is 2.25. The number of benzene rings is 2. The van der Waals surface area contributed by atoms with Crippen LogP contribution in [-0.2, 0) is 26.2 Å². The van der Waals surface area contributed by atoms with E-state index in [9.17, 15) is 22.4 Å². The molecule has 190 valence electrons. The first kappa shape index (κ1) is 26.9. The molecule has 1 aliphatic carbocycles. The molecular weight excluding hydrogens is 493 g/mol. The number of hydrogen-bond acceptors (Lipinski definition) is 4. The molecule has 1 aliphatic rings. The fourth-order valence-electron chi connectivity index (χ4n) is 4.19. The van der Waals surface area contributed by atoms with Crippen LogP contribution >= 0.6 is 11.6 Å². The summed E-state index contributed by atoms with van der Waals surface area (Å²) in [5, 5.41) is 2.79. The van der Waals surface area contributed by atoms with Gasteiger partial charge < -0.3 is 10.2 Å². The smallest absolute Gasteiger partial charge is 0.244 e. The topological polar surface area (TPSA) is 86.8 Å². The van der Waals surface area contributed by atoms with Crippen molar-refractivity contribution in [3.8, 4) is 0 Å². The maximum atomic E-state index is 13.7. The zero-order valence-corrected chi connectivity index (χ0v) is 21.5. The number of amides is 2. The Kier molecular flexibility index (Phi) is 9.13. The standard InChI is InChI=1S/C25H31ClFN3O4S/c1-18(25(32)28-20-11-7-4-8-12-20)29(16-19-9-5-3-6-10-19)24(31)17-30(35(2,33)34)21-13-14-23(27)22(26)15-21/h3,5-6,9-10,13-15,18,20H,4,7-8,11-12,16-17H2,1-2H3,(H,28,32)/t18-/m0/s1. The minimum Gasteiger partial charge on any atom is -0.352 e. The van der Waals surface area contributed by atoms with Gasteiger partial charge in [-0.05, 0) is 43.5 Å².